The summed E-state index contributed by atoms with van der Waals surface area (Å²) in [6, 6.07) is 2.48. The van der Waals surface area contributed by atoms with Crippen molar-refractivity contribution in [3.05, 3.63) is 23.9 Å². The lowest BCUT2D eigenvalue weighted by Crippen LogP contribution is -2.14. The van der Waals surface area contributed by atoms with E-state index in [0.717, 1.165) is 12.5 Å². The molecule has 82 valence electrons. The normalized spacial score (nSPS) is 25.1. The van der Waals surface area contributed by atoms with Crippen molar-refractivity contribution in [1.29, 1.82) is 0 Å². The maximum atomic E-state index is 12.5. The Bertz CT molecular complexity index is 362. The van der Waals surface area contributed by atoms with Crippen LogP contribution in [0.1, 0.15) is 18.9 Å². The predicted octanol–water partition coefficient (Wildman–Crippen LogP) is 2.92. The molecule has 0 aliphatic heterocycles. The number of halogens is 3. The van der Waals surface area contributed by atoms with Crippen LogP contribution in [-0.4, -0.2) is 11.0 Å². The van der Waals surface area contributed by atoms with Gasteiger partial charge in [0.2, 0.25) is 0 Å². The largest absolute Gasteiger partial charge is 0.419 e. The van der Waals surface area contributed by atoms with E-state index in [1.165, 1.54) is 12.3 Å². The van der Waals surface area contributed by atoms with Crippen LogP contribution in [0.3, 0.4) is 0 Å². The molecule has 1 aliphatic rings. The summed E-state index contributed by atoms with van der Waals surface area (Å²) in [5, 5.41) is 2.81. The Kier molecular flexibility index (Phi) is 2.32. The van der Waals surface area contributed by atoms with Crippen LogP contribution in [0, 0.1) is 5.92 Å². The van der Waals surface area contributed by atoms with Gasteiger partial charge in [-0.15, -0.1) is 0 Å². The van der Waals surface area contributed by atoms with E-state index in [2.05, 4.69) is 10.3 Å². The molecule has 2 atom stereocenters. The van der Waals surface area contributed by atoms with Crippen molar-refractivity contribution in [2.75, 3.05) is 5.32 Å². The Labute approximate surface area is 85.5 Å². The molecule has 2 rings (SSSR count). The molecule has 1 aromatic rings. The van der Waals surface area contributed by atoms with Crippen LogP contribution in [0.25, 0.3) is 0 Å². The Hall–Kier alpha value is -1.26. The summed E-state index contributed by atoms with van der Waals surface area (Å²) < 4.78 is 37.6. The summed E-state index contributed by atoms with van der Waals surface area (Å²) in [6.45, 7) is 1.99. The van der Waals surface area contributed by atoms with Crippen LogP contribution < -0.4 is 5.32 Å². The Morgan fingerprint density at radius 1 is 1.47 bits per heavy atom. The first kappa shape index (κ1) is 10.3. The number of anilines is 1. The van der Waals surface area contributed by atoms with Crippen LogP contribution in [0.4, 0.5) is 19.0 Å². The standard InChI is InChI=1S/C10H11F3N2/c1-6-5-8(6)15-9-7(10(11,12)13)3-2-4-14-9/h2-4,6,8H,5H2,1H3,(H,14,15). The number of nitrogens with one attached hydrogen (secondary N) is 1. The van der Waals surface area contributed by atoms with Gasteiger partial charge in [-0.1, -0.05) is 6.92 Å². The average molecular weight is 216 g/mol. The summed E-state index contributed by atoms with van der Waals surface area (Å²) in [7, 11) is 0. The lowest BCUT2D eigenvalue weighted by atomic mass is 10.2. The Balaban J connectivity index is 2.22. The molecule has 0 radical (unpaired) electrons. The molecule has 0 amide bonds. The van der Waals surface area contributed by atoms with E-state index in [1.807, 2.05) is 6.92 Å². The molecule has 1 N–H and O–H groups in total. The molecule has 2 nitrogen and oxygen atoms in total. The summed E-state index contributed by atoms with van der Waals surface area (Å²) in [5.74, 6) is 0.382. The zero-order valence-corrected chi connectivity index (χ0v) is 8.17. The van der Waals surface area contributed by atoms with Crippen molar-refractivity contribution in [2.24, 2.45) is 5.92 Å². The maximum absolute atomic E-state index is 12.5. The maximum Gasteiger partial charge on any atom is 0.419 e. The molecular weight excluding hydrogens is 205 g/mol. The van der Waals surface area contributed by atoms with E-state index in [4.69, 9.17) is 0 Å². The minimum atomic E-state index is -4.34. The topological polar surface area (TPSA) is 24.9 Å². The summed E-state index contributed by atoms with van der Waals surface area (Å²) in [5.41, 5.74) is -0.691. The molecule has 1 aromatic heterocycles. The van der Waals surface area contributed by atoms with Crippen LogP contribution in [-0.2, 0) is 6.18 Å². The predicted molar refractivity (Wildman–Crippen MR) is 50.4 cm³/mol. The Morgan fingerprint density at radius 2 is 2.13 bits per heavy atom. The number of nitrogens with zero attached hydrogens (tertiary/aromatic N) is 1. The highest BCUT2D eigenvalue weighted by molar-refractivity contribution is 5.47. The monoisotopic (exact) mass is 216 g/mol. The second-order valence-corrected chi connectivity index (χ2v) is 3.86. The molecule has 0 bridgehead atoms. The second kappa shape index (κ2) is 3.40. The van der Waals surface area contributed by atoms with Crippen molar-refractivity contribution in [3.8, 4) is 0 Å². The van der Waals surface area contributed by atoms with E-state index < -0.39 is 11.7 Å². The molecule has 1 saturated carbocycles. The number of alkyl halides is 3. The second-order valence-electron chi connectivity index (χ2n) is 3.86. The molecule has 15 heavy (non-hydrogen) atoms. The number of hydrogen-bond donors (Lipinski definition) is 1. The summed E-state index contributed by atoms with van der Waals surface area (Å²) in [6.07, 6.45) is -2.06. The van der Waals surface area contributed by atoms with Crippen molar-refractivity contribution < 1.29 is 13.2 Å². The number of hydrogen-bond acceptors (Lipinski definition) is 2. The minimum Gasteiger partial charge on any atom is -0.367 e. The molecule has 1 aliphatic carbocycles. The van der Waals surface area contributed by atoms with Crippen LogP contribution in [0.5, 0.6) is 0 Å². The quantitative estimate of drug-likeness (QED) is 0.822. The third-order valence-corrected chi connectivity index (χ3v) is 2.54. The van der Waals surface area contributed by atoms with Crippen molar-refractivity contribution in [1.82, 2.24) is 4.98 Å². The van der Waals surface area contributed by atoms with Gasteiger partial charge in [0, 0.05) is 12.2 Å². The number of pyridine rings is 1. The molecular formula is C10H11F3N2. The first-order valence-electron chi connectivity index (χ1n) is 4.77. The smallest absolute Gasteiger partial charge is 0.367 e. The molecule has 1 fully saturated rings. The van der Waals surface area contributed by atoms with Gasteiger partial charge in [0.05, 0.1) is 5.56 Å². The lowest BCUT2D eigenvalue weighted by Gasteiger charge is -2.12. The molecule has 0 saturated heterocycles. The fourth-order valence-corrected chi connectivity index (χ4v) is 1.45. The van der Waals surface area contributed by atoms with Gasteiger partial charge in [-0.3, -0.25) is 0 Å². The van der Waals surface area contributed by atoms with Crippen LogP contribution in [0.15, 0.2) is 18.3 Å². The lowest BCUT2D eigenvalue weighted by molar-refractivity contribution is -0.137. The number of aromatic nitrogens is 1. The third-order valence-electron chi connectivity index (χ3n) is 2.54. The van der Waals surface area contributed by atoms with Gasteiger partial charge in [-0.2, -0.15) is 13.2 Å². The van der Waals surface area contributed by atoms with Crippen molar-refractivity contribution in [3.63, 3.8) is 0 Å². The van der Waals surface area contributed by atoms with Crippen molar-refractivity contribution >= 4 is 5.82 Å². The molecule has 0 aromatic carbocycles. The van der Waals surface area contributed by atoms with E-state index in [9.17, 15) is 13.2 Å². The molecule has 1 heterocycles. The van der Waals surface area contributed by atoms with Gasteiger partial charge in [0.1, 0.15) is 5.82 Å². The van der Waals surface area contributed by atoms with Gasteiger partial charge in [0.25, 0.3) is 0 Å². The number of rotatable bonds is 2. The Morgan fingerprint density at radius 3 is 2.67 bits per heavy atom. The van der Waals surface area contributed by atoms with E-state index in [1.54, 1.807) is 0 Å². The van der Waals surface area contributed by atoms with E-state index in [-0.39, 0.29) is 11.9 Å². The first-order chi connectivity index (χ1) is 6.98. The third kappa shape index (κ3) is 2.22. The average Bonchev–Trinajstić information content (AvgIpc) is 2.81. The summed E-state index contributed by atoms with van der Waals surface area (Å²) in [4.78, 5) is 3.73. The van der Waals surface area contributed by atoms with E-state index in [0.29, 0.717) is 5.92 Å². The van der Waals surface area contributed by atoms with Crippen molar-refractivity contribution in [2.45, 2.75) is 25.6 Å². The fourth-order valence-electron chi connectivity index (χ4n) is 1.45. The zero-order chi connectivity index (χ0) is 11.1. The SMILES string of the molecule is CC1CC1Nc1ncccc1C(F)(F)F. The fraction of sp³-hybridized carbons (Fsp3) is 0.500. The van der Waals surface area contributed by atoms with Gasteiger partial charge in [0.15, 0.2) is 0 Å². The van der Waals surface area contributed by atoms with Gasteiger partial charge >= 0.3 is 6.18 Å². The minimum absolute atomic E-state index is 0.0562. The zero-order valence-electron chi connectivity index (χ0n) is 8.17. The van der Waals surface area contributed by atoms with Crippen LogP contribution >= 0.6 is 0 Å². The molecule has 0 spiro atoms. The molecule has 5 heteroatoms. The first-order valence-corrected chi connectivity index (χ1v) is 4.77. The van der Waals surface area contributed by atoms with Gasteiger partial charge < -0.3 is 5.32 Å². The van der Waals surface area contributed by atoms with E-state index >= 15 is 0 Å². The summed E-state index contributed by atoms with van der Waals surface area (Å²) >= 11 is 0. The highest BCUT2D eigenvalue weighted by atomic mass is 19.4. The van der Waals surface area contributed by atoms with Gasteiger partial charge in [-0.25, -0.2) is 4.98 Å². The highest BCUT2D eigenvalue weighted by Crippen LogP contribution is 2.37. The highest BCUT2D eigenvalue weighted by Gasteiger charge is 2.38. The van der Waals surface area contributed by atoms with Gasteiger partial charge in [-0.05, 0) is 24.5 Å². The molecule has 2 unspecified atom stereocenters. The van der Waals surface area contributed by atoms with Crippen LogP contribution in [0.2, 0.25) is 0 Å².